The highest BCUT2D eigenvalue weighted by molar-refractivity contribution is 5.89. The SMILES string of the molecule is C=C(CCCOO)C(=O)Oc1ccccc1. The first kappa shape index (κ1) is 12.4. The van der Waals surface area contributed by atoms with Crippen LogP contribution in [0.4, 0.5) is 0 Å². The molecule has 1 aromatic rings. The summed E-state index contributed by atoms with van der Waals surface area (Å²) in [7, 11) is 0. The number of rotatable bonds is 6. The third-order valence-electron chi connectivity index (χ3n) is 1.96. The maximum absolute atomic E-state index is 11.5. The molecule has 0 atom stereocenters. The Morgan fingerprint density at radius 2 is 2.00 bits per heavy atom. The van der Waals surface area contributed by atoms with E-state index in [2.05, 4.69) is 11.5 Å². The maximum Gasteiger partial charge on any atom is 0.338 e. The van der Waals surface area contributed by atoms with Crippen molar-refractivity contribution in [2.24, 2.45) is 0 Å². The zero-order chi connectivity index (χ0) is 11.8. The summed E-state index contributed by atoms with van der Waals surface area (Å²) >= 11 is 0. The zero-order valence-electron chi connectivity index (χ0n) is 8.89. The Kier molecular flexibility index (Phi) is 5.25. The van der Waals surface area contributed by atoms with Gasteiger partial charge in [0.2, 0.25) is 0 Å². The van der Waals surface area contributed by atoms with E-state index in [4.69, 9.17) is 9.99 Å². The highest BCUT2D eigenvalue weighted by Crippen LogP contribution is 2.12. The molecule has 0 radical (unpaired) electrons. The Morgan fingerprint density at radius 3 is 2.62 bits per heavy atom. The second kappa shape index (κ2) is 6.76. The Hall–Kier alpha value is -1.65. The molecule has 0 bridgehead atoms. The van der Waals surface area contributed by atoms with Crippen LogP contribution in [-0.4, -0.2) is 17.8 Å². The number of esters is 1. The number of hydrogen-bond donors (Lipinski definition) is 1. The maximum atomic E-state index is 11.5. The lowest BCUT2D eigenvalue weighted by molar-refractivity contribution is -0.242. The summed E-state index contributed by atoms with van der Waals surface area (Å²) in [4.78, 5) is 15.4. The molecule has 0 fully saturated rings. The number of ether oxygens (including phenoxy) is 1. The molecule has 0 saturated carbocycles. The number of carbonyl (C=O) groups excluding carboxylic acids is 1. The summed E-state index contributed by atoms with van der Waals surface area (Å²) in [5.74, 6) is 0.0381. The molecule has 4 nitrogen and oxygen atoms in total. The third-order valence-corrected chi connectivity index (χ3v) is 1.96. The van der Waals surface area contributed by atoms with Gasteiger partial charge in [0.15, 0.2) is 0 Å². The molecule has 0 saturated heterocycles. The Labute approximate surface area is 94.0 Å². The first-order chi connectivity index (χ1) is 7.74. The lowest BCUT2D eigenvalue weighted by Crippen LogP contribution is -2.10. The lowest BCUT2D eigenvalue weighted by atomic mass is 10.2. The quantitative estimate of drug-likeness (QED) is 0.200. The molecule has 0 aliphatic heterocycles. The molecule has 0 amide bonds. The van der Waals surface area contributed by atoms with Crippen molar-refractivity contribution >= 4 is 5.97 Å². The molecule has 0 unspecified atom stereocenters. The van der Waals surface area contributed by atoms with E-state index in [1.165, 1.54) is 0 Å². The van der Waals surface area contributed by atoms with E-state index in [0.717, 1.165) is 0 Å². The van der Waals surface area contributed by atoms with Gasteiger partial charge >= 0.3 is 5.97 Å². The summed E-state index contributed by atoms with van der Waals surface area (Å²) in [6.07, 6.45) is 0.964. The van der Waals surface area contributed by atoms with E-state index in [1.807, 2.05) is 6.07 Å². The molecule has 0 aliphatic carbocycles. The van der Waals surface area contributed by atoms with Gasteiger partial charge < -0.3 is 4.74 Å². The zero-order valence-corrected chi connectivity index (χ0v) is 8.89. The van der Waals surface area contributed by atoms with Crippen molar-refractivity contribution in [3.8, 4) is 5.75 Å². The Morgan fingerprint density at radius 1 is 1.31 bits per heavy atom. The first-order valence-corrected chi connectivity index (χ1v) is 4.95. The highest BCUT2D eigenvalue weighted by Gasteiger charge is 2.09. The largest absolute Gasteiger partial charge is 0.423 e. The van der Waals surface area contributed by atoms with E-state index in [9.17, 15) is 4.79 Å². The number of para-hydroxylation sites is 1. The molecule has 1 aromatic carbocycles. The van der Waals surface area contributed by atoms with Crippen molar-refractivity contribution in [2.45, 2.75) is 12.8 Å². The van der Waals surface area contributed by atoms with E-state index in [-0.39, 0.29) is 6.61 Å². The molecule has 0 heterocycles. The van der Waals surface area contributed by atoms with Crippen molar-refractivity contribution in [2.75, 3.05) is 6.61 Å². The van der Waals surface area contributed by atoms with Crippen LogP contribution in [0.3, 0.4) is 0 Å². The normalized spacial score (nSPS) is 9.81. The van der Waals surface area contributed by atoms with Crippen molar-refractivity contribution < 1.29 is 19.7 Å². The lowest BCUT2D eigenvalue weighted by Gasteiger charge is -2.05. The summed E-state index contributed by atoms with van der Waals surface area (Å²) in [5, 5.41) is 8.11. The number of carbonyl (C=O) groups is 1. The summed E-state index contributed by atoms with van der Waals surface area (Å²) in [6, 6.07) is 8.80. The van der Waals surface area contributed by atoms with Gasteiger partial charge in [-0.3, -0.25) is 5.26 Å². The van der Waals surface area contributed by atoms with E-state index >= 15 is 0 Å². The molecule has 0 aliphatic rings. The van der Waals surface area contributed by atoms with Gasteiger partial charge in [-0.25, -0.2) is 9.68 Å². The van der Waals surface area contributed by atoms with Crippen LogP contribution in [0.25, 0.3) is 0 Å². The fourth-order valence-electron chi connectivity index (χ4n) is 1.12. The number of benzene rings is 1. The molecular formula is C12H14O4. The second-order valence-corrected chi connectivity index (χ2v) is 3.24. The van der Waals surface area contributed by atoms with Gasteiger partial charge in [-0.2, -0.15) is 0 Å². The van der Waals surface area contributed by atoms with Gasteiger partial charge in [0, 0.05) is 5.57 Å². The highest BCUT2D eigenvalue weighted by atomic mass is 17.1. The average molecular weight is 222 g/mol. The molecule has 4 heteroatoms. The number of hydrogen-bond acceptors (Lipinski definition) is 4. The van der Waals surface area contributed by atoms with Crippen LogP contribution in [0.2, 0.25) is 0 Å². The van der Waals surface area contributed by atoms with Crippen LogP contribution in [0.1, 0.15) is 12.8 Å². The standard InChI is InChI=1S/C12H14O4/c1-10(6-5-9-15-14)12(13)16-11-7-3-2-4-8-11/h2-4,7-8,14H,1,5-6,9H2. The van der Waals surface area contributed by atoms with Crippen LogP contribution in [0, 0.1) is 0 Å². The molecule has 1 rings (SSSR count). The van der Waals surface area contributed by atoms with Crippen LogP contribution in [-0.2, 0) is 9.68 Å². The fourth-order valence-corrected chi connectivity index (χ4v) is 1.12. The summed E-state index contributed by atoms with van der Waals surface area (Å²) < 4.78 is 5.07. The van der Waals surface area contributed by atoms with Crippen LogP contribution in [0.5, 0.6) is 5.75 Å². The minimum absolute atomic E-state index is 0.178. The monoisotopic (exact) mass is 222 g/mol. The van der Waals surface area contributed by atoms with Gasteiger partial charge in [0.1, 0.15) is 5.75 Å². The Bertz CT molecular complexity index is 345. The smallest absolute Gasteiger partial charge is 0.338 e. The minimum Gasteiger partial charge on any atom is -0.423 e. The van der Waals surface area contributed by atoms with Gasteiger partial charge in [0.25, 0.3) is 0 Å². The van der Waals surface area contributed by atoms with Crippen molar-refractivity contribution in [3.05, 3.63) is 42.5 Å². The molecule has 0 aromatic heterocycles. The average Bonchev–Trinajstić information content (AvgIpc) is 2.30. The van der Waals surface area contributed by atoms with E-state index in [1.54, 1.807) is 24.3 Å². The summed E-state index contributed by atoms with van der Waals surface area (Å²) in [6.45, 7) is 3.79. The van der Waals surface area contributed by atoms with Crippen LogP contribution >= 0.6 is 0 Å². The topological polar surface area (TPSA) is 55.8 Å². The molecule has 1 N–H and O–H groups in total. The van der Waals surface area contributed by atoms with Crippen LogP contribution in [0.15, 0.2) is 42.5 Å². The van der Waals surface area contributed by atoms with E-state index < -0.39 is 5.97 Å². The summed E-state index contributed by atoms with van der Waals surface area (Å²) in [5.41, 5.74) is 0.362. The van der Waals surface area contributed by atoms with Gasteiger partial charge in [-0.05, 0) is 25.0 Å². The second-order valence-electron chi connectivity index (χ2n) is 3.24. The van der Waals surface area contributed by atoms with Crippen molar-refractivity contribution in [1.82, 2.24) is 0 Å². The molecule has 0 spiro atoms. The Balaban J connectivity index is 2.38. The first-order valence-electron chi connectivity index (χ1n) is 4.95. The molecule has 16 heavy (non-hydrogen) atoms. The van der Waals surface area contributed by atoms with E-state index in [0.29, 0.717) is 24.2 Å². The van der Waals surface area contributed by atoms with Gasteiger partial charge in [-0.1, -0.05) is 24.8 Å². The molecular weight excluding hydrogens is 208 g/mol. The predicted molar refractivity (Wildman–Crippen MR) is 59.0 cm³/mol. The van der Waals surface area contributed by atoms with Crippen molar-refractivity contribution in [3.63, 3.8) is 0 Å². The van der Waals surface area contributed by atoms with Crippen molar-refractivity contribution in [1.29, 1.82) is 0 Å². The van der Waals surface area contributed by atoms with Gasteiger partial charge in [-0.15, -0.1) is 0 Å². The van der Waals surface area contributed by atoms with Crippen LogP contribution < -0.4 is 4.74 Å². The fraction of sp³-hybridized carbons (Fsp3) is 0.250. The third kappa shape index (κ3) is 4.25. The minimum atomic E-state index is -0.455. The molecule has 86 valence electrons. The van der Waals surface area contributed by atoms with Gasteiger partial charge in [0.05, 0.1) is 6.61 Å². The predicted octanol–water partition coefficient (Wildman–Crippen LogP) is 2.42.